The van der Waals surface area contributed by atoms with Gasteiger partial charge in [-0.2, -0.15) is 0 Å². The quantitative estimate of drug-likeness (QED) is 0.493. The Morgan fingerprint density at radius 1 is 0.929 bits per heavy atom. The zero-order chi connectivity index (χ0) is 21.3. The number of amides is 1. The molecule has 0 aliphatic heterocycles. The van der Waals surface area contributed by atoms with Gasteiger partial charge >= 0.3 is 18.0 Å². The molecule has 0 heterocycles. The second-order valence-corrected chi connectivity index (χ2v) is 7.37. The van der Waals surface area contributed by atoms with Crippen LogP contribution >= 0.6 is 0 Å². The Morgan fingerprint density at radius 2 is 1.43 bits per heavy atom. The fourth-order valence-electron chi connectivity index (χ4n) is 2.45. The first kappa shape index (κ1) is 23.5. The highest BCUT2D eigenvalue weighted by molar-refractivity contribution is 5.95. The number of nitrogens with zero attached hydrogens (tertiary/aromatic N) is 1. The molecule has 0 saturated heterocycles. The summed E-state index contributed by atoms with van der Waals surface area (Å²) >= 11 is 0. The fourth-order valence-corrected chi connectivity index (χ4v) is 2.45. The van der Waals surface area contributed by atoms with Crippen LogP contribution < -0.4 is 0 Å². The number of ether oxygens (including phenoxy) is 3. The fraction of sp³-hybridized carbons (Fsp3) is 0.571. The minimum Gasteiger partial charge on any atom is -0.462 e. The standard InChI is InChI=1S/C21H31NO6/c1-7-26-18(23)16-12-15(13-17(14-16)19(24)27-8-2)10-9-11-22(6)20(25)28-21(3,4)5/h12-14H,7-11H2,1-6H3. The van der Waals surface area contributed by atoms with Crippen molar-refractivity contribution in [3.63, 3.8) is 0 Å². The normalized spacial score (nSPS) is 10.9. The highest BCUT2D eigenvalue weighted by Crippen LogP contribution is 2.16. The van der Waals surface area contributed by atoms with Gasteiger partial charge in [0.1, 0.15) is 5.60 Å². The lowest BCUT2D eigenvalue weighted by Crippen LogP contribution is -2.34. The molecular weight excluding hydrogens is 362 g/mol. The highest BCUT2D eigenvalue weighted by Gasteiger charge is 2.19. The molecule has 1 aromatic carbocycles. The van der Waals surface area contributed by atoms with Crippen molar-refractivity contribution in [2.75, 3.05) is 26.8 Å². The summed E-state index contributed by atoms with van der Waals surface area (Å²) in [6.45, 7) is 9.87. The van der Waals surface area contributed by atoms with Crippen LogP contribution in [-0.2, 0) is 20.6 Å². The van der Waals surface area contributed by atoms with Crippen molar-refractivity contribution in [3.05, 3.63) is 34.9 Å². The maximum absolute atomic E-state index is 12.1. The van der Waals surface area contributed by atoms with Crippen LogP contribution in [0.25, 0.3) is 0 Å². The average Bonchev–Trinajstić information content (AvgIpc) is 2.60. The number of aryl methyl sites for hydroxylation is 1. The molecule has 1 amide bonds. The number of hydrogen-bond donors (Lipinski definition) is 0. The predicted octanol–water partition coefficient (Wildman–Crippen LogP) is 3.84. The Balaban J connectivity index is 2.84. The predicted molar refractivity (Wildman–Crippen MR) is 106 cm³/mol. The monoisotopic (exact) mass is 393 g/mol. The second-order valence-electron chi connectivity index (χ2n) is 7.37. The van der Waals surface area contributed by atoms with Crippen LogP contribution in [0.2, 0.25) is 0 Å². The molecule has 28 heavy (non-hydrogen) atoms. The van der Waals surface area contributed by atoms with Crippen LogP contribution in [-0.4, -0.2) is 55.3 Å². The van der Waals surface area contributed by atoms with Gasteiger partial charge in [-0.3, -0.25) is 0 Å². The molecule has 1 rings (SSSR count). The Hall–Kier alpha value is -2.57. The van der Waals surface area contributed by atoms with Gasteiger partial charge in [0.2, 0.25) is 0 Å². The van der Waals surface area contributed by atoms with E-state index in [0.29, 0.717) is 30.5 Å². The first-order chi connectivity index (χ1) is 13.1. The molecule has 0 aliphatic rings. The van der Waals surface area contributed by atoms with Crippen molar-refractivity contribution in [2.45, 2.75) is 53.1 Å². The van der Waals surface area contributed by atoms with Crippen molar-refractivity contribution in [1.82, 2.24) is 4.90 Å². The molecule has 0 aliphatic carbocycles. The van der Waals surface area contributed by atoms with Gasteiger partial charge in [0, 0.05) is 13.6 Å². The second kappa shape index (κ2) is 10.7. The Bertz CT molecular complexity index is 656. The van der Waals surface area contributed by atoms with Crippen LogP contribution in [0.5, 0.6) is 0 Å². The van der Waals surface area contributed by atoms with E-state index < -0.39 is 17.5 Å². The third kappa shape index (κ3) is 7.98. The van der Waals surface area contributed by atoms with Crippen LogP contribution in [0.3, 0.4) is 0 Å². The molecule has 0 bridgehead atoms. The van der Waals surface area contributed by atoms with Gasteiger partial charge in [0.05, 0.1) is 24.3 Å². The summed E-state index contributed by atoms with van der Waals surface area (Å²) in [4.78, 5) is 37.7. The van der Waals surface area contributed by atoms with Gasteiger partial charge in [0.25, 0.3) is 0 Å². The summed E-state index contributed by atoms with van der Waals surface area (Å²) in [5.74, 6) is -0.971. The van der Waals surface area contributed by atoms with Crippen LogP contribution in [0, 0.1) is 0 Å². The van der Waals surface area contributed by atoms with Crippen molar-refractivity contribution < 1.29 is 28.6 Å². The van der Waals surface area contributed by atoms with Gasteiger partial charge in [-0.1, -0.05) is 0 Å². The molecule has 0 N–H and O–H groups in total. The molecule has 7 nitrogen and oxygen atoms in total. The van der Waals surface area contributed by atoms with Crippen molar-refractivity contribution in [3.8, 4) is 0 Å². The van der Waals surface area contributed by atoms with E-state index in [1.165, 1.54) is 11.0 Å². The third-order valence-corrected chi connectivity index (χ3v) is 3.68. The lowest BCUT2D eigenvalue weighted by atomic mass is 10.0. The summed E-state index contributed by atoms with van der Waals surface area (Å²) in [5.41, 5.74) is 0.866. The SMILES string of the molecule is CCOC(=O)c1cc(CCCN(C)C(=O)OC(C)(C)C)cc(C(=O)OCC)c1. The smallest absolute Gasteiger partial charge is 0.410 e. The maximum atomic E-state index is 12.1. The molecule has 0 spiro atoms. The van der Waals surface area contributed by atoms with E-state index in [-0.39, 0.29) is 19.3 Å². The zero-order valence-electron chi connectivity index (χ0n) is 17.7. The molecule has 0 atom stereocenters. The molecule has 0 fully saturated rings. The van der Waals surface area contributed by atoms with Crippen molar-refractivity contribution in [2.24, 2.45) is 0 Å². The average molecular weight is 393 g/mol. The number of carbonyl (C=O) groups is 3. The third-order valence-electron chi connectivity index (χ3n) is 3.68. The molecule has 0 saturated carbocycles. The van der Waals surface area contributed by atoms with Crippen LogP contribution in [0.15, 0.2) is 18.2 Å². The summed E-state index contributed by atoms with van der Waals surface area (Å²) < 4.78 is 15.4. The number of rotatable bonds is 8. The number of benzene rings is 1. The minimum absolute atomic E-state index is 0.248. The number of hydrogen-bond acceptors (Lipinski definition) is 6. The minimum atomic E-state index is -0.548. The molecule has 7 heteroatoms. The summed E-state index contributed by atoms with van der Waals surface area (Å²) in [5, 5.41) is 0. The van der Waals surface area contributed by atoms with E-state index in [1.807, 2.05) is 20.8 Å². The lowest BCUT2D eigenvalue weighted by Gasteiger charge is -2.24. The Labute approximate surface area is 166 Å². The van der Waals surface area contributed by atoms with E-state index in [9.17, 15) is 14.4 Å². The topological polar surface area (TPSA) is 82.1 Å². The van der Waals surface area contributed by atoms with Crippen molar-refractivity contribution in [1.29, 1.82) is 0 Å². The zero-order valence-corrected chi connectivity index (χ0v) is 17.7. The van der Waals surface area contributed by atoms with Gasteiger partial charge in [-0.05, 0) is 71.2 Å². The van der Waals surface area contributed by atoms with Crippen molar-refractivity contribution >= 4 is 18.0 Å². The van der Waals surface area contributed by atoms with E-state index in [1.54, 1.807) is 33.0 Å². The van der Waals surface area contributed by atoms with Crippen LogP contribution in [0.1, 0.15) is 67.3 Å². The van der Waals surface area contributed by atoms with Gasteiger partial charge in [-0.25, -0.2) is 14.4 Å². The highest BCUT2D eigenvalue weighted by atomic mass is 16.6. The molecule has 1 aromatic rings. The summed E-state index contributed by atoms with van der Waals surface area (Å²) in [6.07, 6.45) is 0.830. The number of esters is 2. The molecular formula is C21H31NO6. The first-order valence-electron chi connectivity index (χ1n) is 9.49. The van der Waals surface area contributed by atoms with E-state index in [4.69, 9.17) is 14.2 Å². The number of carbonyl (C=O) groups excluding carboxylic acids is 3. The Morgan fingerprint density at radius 3 is 1.86 bits per heavy atom. The van der Waals surface area contributed by atoms with Gasteiger partial charge in [0.15, 0.2) is 0 Å². The van der Waals surface area contributed by atoms with E-state index in [2.05, 4.69) is 0 Å². The summed E-state index contributed by atoms with van der Waals surface area (Å²) in [7, 11) is 1.67. The van der Waals surface area contributed by atoms with Crippen LogP contribution in [0.4, 0.5) is 4.79 Å². The molecule has 156 valence electrons. The molecule has 0 radical (unpaired) electrons. The van der Waals surface area contributed by atoms with E-state index in [0.717, 1.165) is 5.56 Å². The van der Waals surface area contributed by atoms with Gasteiger partial charge in [-0.15, -0.1) is 0 Å². The molecule has 0 unspecified atom stereocenters. The Kier molecular flexibility index (Phi) is 8.96. The first-order valence-corrected chi connectivity index (χ1v) is 9.49. The van der Waals surface area contributed by atoms with Gasteiger partial charge < -0.3 is 19.1 Å². The maximum Gasteiger partial charge on any atom is 0.410 e. The van der Waals surface area contributed by atoms with E-state index >= 15 is 0 Å². The largest absolute Gasteiger partial charge is 0.462 e. The summed E-state index contributed by atoms with van der Waals surface area (Å²) in [6, 6.07) is 4.88. The molecule has 0 aromatic heterocycles. The lowest BCUT2D eigenvalue weighted by molar-refractivity contribution is 0.0296.